The second-order valence-electron chi connectivity index (χ2n) is 9.47. The number of benzene rings is 1. The van der Waals surface area contributed by atoms with Gasteiger partial charge in [-0.3, -0.25) is 14.4 Å². The summed E-state index contributed by atoms with van der Waals surface area (Å²) >= 11 is 0. The molecule has 0 spiro atoms. The van der Waals surface area contributed by atoms with Crippen LogP contribution in [0, 0.1) is 12.8 Å². The molecule has 2 aliphatic rings. The molecule has 3 heterocycles. The normalized spacial score (nSPS) is 19.0. The van der Waals surface area contributed by atoms with Crippen LogP contribution in [0.2, 0.25) is 0 Å². The Morgan fingerprint density at radius 2 is 1.80 bits per heavy atom. The van der Waals surface area contributed by atoms with Crippen molar-refractivity contribution < 1.29 is 19.1 Å². The Morgan fingerprint density at radius 1 is 1.06 bits per heavy atom. The Kier molecular flexibility index (Phi) is 8.28. The molecule has 2 aliphatic heterocycles. The fraction of sp³-hybridized carbons (Fsp3) is 0.577. The van der Waals surface area contributed by atoms with Crippen LogP contribution in [0.15, 0.2) is 30.3 Å². The highest BCUT2D eigenvalue weighted by molar-refractivity contribution is 5.92. The molecule has 0 aliphatic carbocycles. The van der Waals surface area contributed by atoms with Gasteiger partial charge < -0.3 is 19.3 Å². The Labute approximate surface area is 207 Å². The van der Waals surface area contributed by atoms with Crippen LogP contribution in [0.25, 0.3) is 0 Å². The molecule has 190 valence electrons. The summed E-state index contributed by atoms with van der Waals surface area (Å²) in [4.78, 5) is 30.8. The zero-order chi connectivity index (χ0) is 24.8. The number of ether oxygens (including phenoxy) is 2. The minimum atomic E-state index is -0.217. The summed E-state index contributed by atoms with van der Waals surface area (Å²) in [6.07, 6.45) is 1.83. The minimum absolute atomic E-state index is 0.0465. The Hall–Kier alpha value is -3.07. The molecule has 9 nitrogen and oxygen atoms in total. The molecule has 35 heavy (non-hydrogen) atoms. The van der Waals surface area contributed by atoms with E-state index in [1.165, 1.54) is 5.56 Å². The van der Waals surface area contributed by atoms with Crippen LogP contribution in [0.4, 0.5) is 4.79 Å². The number of aromatic nitrogens is 2. The van der Waals surface area contributed by atoms with Gasteiger partial charge in [-0.15, -0.1) is 0 Å². The number of rotatable bonds is 7. The fourth-order valence-corrected chi connectivity index (χ4v) is 4.83. The molecule has 2 aromatic rings. The maximum atomic E-state index is 12.9. The second kappa shape index (κ2) is 11.6. The lowest BCUT2D eigenvalue weighted by Crippen LogP contribution is -2.48. The van der Waals surface area contributed by atoms with Crippen molar-refractivity contribution in [2.75, 3.05) is 52.5 Å². The number of hydrogen-bond acceptors (Lipinski definition) is 6. The van der Waals surface area contributed by atoms with Crippen LogP contribution < -0.4 is 4.74 Å². The highest BCUT2D eigenvalue weighted by Gasteiger charge is 2.27. The van der Waals surface area contributed by atoms with E-state index in [0.717, 1.165) is 50.5 Å². The van der Waals surface area contributed by atoms with Crippen LogP contribution in [0.5, 0.6) is 5.75 Å². The van der Waals surface area contributed by atoms with E-state index in [1.807, 2.05) is 44.0 Å². The van der Waals surface area contributed by atoms with Gasteiger partial charge in [-0.25, -0.2) is 4.79 Å². The smallest absolute Gasteiger partial charge is 0.409 e. The Morgan fingerprint density at radius 3 is 2.46 bits per heavy atom. The van der Waals surface area contributed by atoms with E-state index in [9.17, 15) is 9.59 Å². The van der Waals surface area contributed by atoms with E-state index >= 15 is 0 Å². The number of amides is 2. The Balaban J connectivity index is 1.22. The molecule has 0 saturated carbocycles. The number of carbonyl (C=O) groups is 2. The van der Waals surface area contributed by atoms with Crippen molar-refractivity contribution >= 4 is 12.0 Å². The molecule has 2 fully saturated rings. The standard InChI is InChI=1S/C26H37N5O4/c1-4-34-26(33)30-14-12-29(13-15-30)17-21-7-9-23(10-8-21)35-19-22-6-5-11-31(18-22)25(32)24-16-20(2)27-28(24)3/h7-10,16,22H,4-6,11-15,17-19H2,1-3H3/t22-/m1/s1. The first-order valence-electron chi connectivity index (χ1n) is 12.6. The van der Waals surface area contributed by atoms with Gasteiger partial charge in [-0.05, 0) is 50.5 Å². The largest absolute Gasteiger partial charge is 0.493 e. The fourth-order valence-electron chi connectivity index (χ4n) is 4.83. The first-order chi connectivity index (χ1) is 16.9. The maximum absolute atomic E-state index is 12.9. The van der Waals surface area contributed by atoms with E-state index in [-0.39, 0.29) is 12.0 Å². The third kappa shape index (κ3) is 6.54. The topological polar surface area (TPSA) is 80.1 Å². The van der Waals surface area contributed by atoms with Crippen LogP contribution in [0.3, 0.4) is 0 Å². The molecule has 1 aromatic heterocycles. The van der Waals surface area contributed by atoms with Crippen molar-refractivity contribution in [1.82, 2.24) is 24.5 Å². The molecule has 0 bridgehead atoms. The SMILES string of the molecule is CCOC(=O)N1CCN(Cc2ccc(OC[C@@H]3CCCN(C(=O)c4cc(C)nn4C)C3)cc2)CC1. The number of likely N-dealkylation sites (tertiary alicyclic amines) is 1. The monoisotopic (exact) mass is 483 g/mol. The van der Waals surface area contributed by atoms with Crippen molar-refractivity contribution in [3.63, 3.8) is 0 Å². The number of piperazine rings is 1. The number of hydrogen-bond donors (Lipinski definition) is 0. The number of piperidine rings is 1. The summed E-state index contributed by atoms with van der Waals surface area (Å²) in [7, 11) is 1.82. The van der Waals surface area contributed by atoms with Gasteiger partial charge in [-0.1, -0.05) is 12.1 Å². The Bertz CT molecular complexity index is 998. The van der Waals surface area contributed by atoms with Gasteiger partial charge in [0.2, 0.25) is 0 Å². The van der Waals surface area contributed by atoms with Crippen LogP contribution in [0.1, 0.15) is 41.5 Å². The summed E-state index contributed by atoms with van der Waals surface area (Å²) in [6.45, 7) is 10.2. The predicted octanol–water partition coefficient (Wildman–Crippen LogP) is 2.93. The van der Waals surface area contributed by atoms with Crippen molar-refractivity contribution in [2.45, 2.75) is 33.2 Å². The summed E-state index contributed by atoms with van der Waals surface area (Å²) < 4.78 is 12.8. The first kappa shape index (κ1) is 25.0. The van der Waals surface area contributed by atoms with E-state index < -0.39 is 0 Å². The molecule has 1 aromatic carbocycles. The van der Waals surface area contributed by atoms with E-state index in [1.54, 1.807) is 9.58 Å². The van der Waals surface area contributed by atoms with Gasteiger partial charge in [0.05, 0.1) is 18.9 Å². The molecule has 0 N–H and O–H groups in total. The lowest BCUT2D eigenvalue weighted by Gasteiger charge is -2.34. The lowest BCUT2D eigenvalue weighted by molar-refractivity contribution is 0.0622. The summed E-state index contributed by atoms with van der Waals surface area (Å²) in [5.74, 6) is 1.22. The van der Waals surface area contributed by atoms with E-state index in [2.05, 4.69) is 22.1 Å². The van der Waals surface area contributed by atoms with Gasteiger partial charge in [0.15, 0.2) is 0 Å². The molecule has 9 heteroatoms. The molecule has 0 radical (unpaired) electrons. The maximum Gasteiger partial charge on any atom is 0.409 e. The third-order valence-corrected chi connectivity index (χ3v) is 6.74. The van der Waals surface area contributed by atoms with Gasteiger partial charge in [0, 0.05) is 58.8 Å². The molecule has 2 saturated heterocycles. The van der Waals surface area contributed by atoms with Gasteiger partial charge >= 0.3 is 6.09 Å². The van der Waals surface area contributed by atoms with Gasteiger partial charge in [0.1, 0.15) is 11.4 Å². The van der Waals surface area contributed by atoms with Crippen LogP contribution in [-0.2, 0) is 18.3 Å². The van der Waals surface area contributed by atoms with Crippen molar-refractivity contribution in [2.24, 2.45) is 13.0 Å². The first-order valence-corrected chi connectivity index (χ1v) is 12.6. The summed E-state index contributed by atoms with van der Waals surface area (Å²) in [5, 5.41) is 4.30. The molecule has 2 amide bonds. The molecule has 0 unspecified atom stereocenters. The summed E-state index contributed by atoms with van der Waals surface area (Å²) in [5.41, 5.74) is 2.72. The van der Waals surface area contributed by atoms with Gasteiger partial charge in [0.25, 0.3) is 5.91 Å². The quantitative estimate of drug-likeness (QED) is 0.603. The number of nitrogens with zero attached hydrogens (tertiary/aromatic N) is 5. The number of aryl methyl sites for hydroxylation is 2. The molecular formula is C26H37N5O4. The van der Waals surface area contributed by atoms with Crippen LogP contribution >= 0.6 is 0 Å². The van der Waals surface area contributed by atoms with E-state index in [0.29, 0.717) is 44.5 Å². The highest BCUT2D eigenvalue weighted by Crippen LogP contribution is 2.21. The van der Waals surface area contributed by atoms with Crippen molar-refractivity contribution in [3.8, 4) is 5.75 Å². The molecular weight excluding hydrogens is 446 g/mol. The van der Waals surface area contributed by atoms with Crippen molar-refractivity contribution in [3.05, 3.63) is 47.3 Å². The number of carbonyl (C=O) groups excluding carboxylic acids is 2. The summed E-state index contributed by atoms with van der Waals surface area (Å²) in [6, 6.07) is 10.1. The minimum Gasteiger partial charge on any atom is -0.493 e. The predicted molar refractivity (Wildman–Crippen MR) is 132 cm³/mol. The second-order valence-corrected chi connectivity index (χ2v) is 9.47. The zero-order valence-electron chi connectivity index (χ0n) is 21.1. The van der Waals surface area contributed by atoms with E-state index in [4.69, 9.17) is 9.47 Å². The third-order valence-electron chi connectivity index (χ3n) is 6.74. The lowest BCUT2D eigenvalue weighted by atomic mass is 9.98. The van der Waals surface area contributed by atoms with Crippen molar-refractivity contribution in [1.29, 1.82) is 0 Å². The highest BCUT2D eigenvalue weighted by atomic mass is 16.6. The molecule has 1 atom stereocenters. The molecule has 4 rings (SSSR count). The average Bonchev–Trinajstić information content (AvgIpc) is 3.21. The van der Waals surface area contributed by atoms with Crippen LogP contribution in [-0.4, -0.2) is 89.0 Å². The zero-order valence-corrected chi connectivity index (χ0v) is 21.1. The average molecular weight is 484 g/mol. The van der Waals surface area contributed by atoms with Gasteiger partial charge in [-0.2, -0.15) is 5.10 Å².